The Morgan fingerprint density at radius 2 is 1.62 bits per heavy atom. The number of rotatable bonds is 2. The number of carbonyl (C=O) groups is 2. The van der Waals surface area contributed by atoms with Gasteiger partial charge in [-0.05, 0) is 6.07 Å². The molecule has 2 nitrogen and oxygen atoms in total. The molecule has 0 aliphatic carbocycles. The lowest BCUT2D eigenvalue weighted by molar-refractivity contribution is 0.111. The summed E-state index contributed by atoms with van der Waals surface area (Å²) in [6.07, 6.45) is 1.01. The van der Waals surface area contributed by atoms with Crippen LogP contribution in [-0.4, -0.2) is 12.6 Å². The molecule has 0 heterocycles. The van der Waals surface area contributed by atoms with Gasteiger partial charge in [-0.2, -0.15) is 0 Å². The molecule has 13 heavy (non-hydrogen) atoms. The first kappa shape index (κ1) is 10.5. The Kier molecular flexibility index (Phi) is 3.31. The number of benzene rings is 1. The Bertz CT molecular complexity index is 374. The van der Waals surface area contributed by atoms with Crippen LogP contribution in [0.2, 0.25) is 15.1 Å². The highest BCUT2D eigenvalue weighted by atomic mass is 35.5. The van der Waals surface area contributed by atoms with Crippen molar-refractivity contribution in [3.8, 4) is 0 Å². The van der Waals surface area contributed by atoms with Gasteiger partial charge in [0.2, 0.25) is 0 Å². The molecule has 0 bridgehead atoms. The first-order chi connectivity index (χ1) is 6.11. The van der Waals surface area contributed by atoms with Crippen molar-refractivity contribution in [2.24, 2.45) is 0 Å². The Labute approximate surface area is 89.4 Å². The number of carbonyl (C=O) groups excluding carboxylic acids is 2. The van der Waals surface area contributed by atoms with Gasteiger partial charge in [0, 0.05) is 5.56 Å². The van der Waals surface area contributed by atoms with Crippen molar-refractivity contribution in [3.63, 3.8) is 0 Å². The zero-order valence-corrected chi connectivity index (χ0v) is 8.45. The average Bonchev–Trinajstić information content (AvgIpc) is 2.12. The van der Waals surface area contributed by atoms with Crippen LogP contribution in [-0.2, 0) is 0 Å². The molecular weight excluding hydrogens is 234 g/mol. The summed E-state index contributed by atoms with van der Waals surface area (Å²) >= 11 is 17.0. The van der Waals surface area contributed by atoms with Crippen LogP contribution in [0.25, 0.3) is 0 Å². The fourth-order valence-electron chi connectivity index (χ4n) is 0.821. The molecule has 1 rings (SSSR count). The van der Waals surface area contributed by atoms with Gasteiger partial charge in [0.1, 0.15) is 0 Å². The van der Waals surface area contributed by atoms with E-state index in [0.29, 0.717) is 12.6 Å². The largest absolute Gasteiger partial charge is 0.298 e. The van der Waals surface area contributed by atoms with Gasteiger partial charge in [-0.15, -0.1) is 0 Å². The predicted molar refractivity (Wildman–Crippen MR) is 52.2 cm³/mol. The molecule has 68 valence electrons. The van der Waals surface area contributed by atoms with Crippen molar-refractivity contribution in [3.05, 3.63) is 32.3 Å². The second kappa shape index (κ2) is 4.09. The second-order valence-corrected chi connectivity index (χ2v) is 3.39. The SMILES string of the molecule is O=Cc1cc(Cl)c(C=O)c(Cl)c1Cl. The number of hydrogen-bond donors (Lipinski definition) is 0. The number of hydrogen-bond acceptors (Lipinski definition) is 2. The summed E-state index contributed by atoms with van der Waals surface area (Å²) in [5.41, 5.74) is 0.265. The monoisotopic (exact) mass is 236 g/mol. The lowest BCUT2D eigenvalue weighted by Gasteiger charge is -2.03. The van der Waals surface area contributed by atoms with Crippen molar-refractivity contribution in [1.82, 2.24) is 0 Å². The zero-order chi connectivity index (χ0) is 10.0. The lowest BCUT2D eigenvalue weighted by atomic mass is 10.1. The lowest BCUT2D eigenvalue weighted by Crippen LogP contribution is -1.90. The van der Waals surface area contributed by atoms with E-state index in [2.05, 4.69) is 0 Å². The van der Waals surface area contributed by atoms with Gasteiger partial charge in [-0.3, -0.25) is 9.59 Å². The van der Waals surface area contributed by atoms with Crippen LogP contribution in [0.4, 0.5) is 0 Å². The third kappa shape index (κ3) is 1.85. The van der Waals surface area contributed by atoms with Gasteiger partial charge >= 0.3 is 0 Å². The zero-order valence-electron chi connectivity index (χ0n) is 6.18. The molecule has 1 aromatic rings. The molecule has 1 aromatic carbocycles. The summed E-state index contributed by atoms with van der Waals surface area (Å²) in [5.74, 6) is 0. The van der Waals surface area contributed by atoms with E-state index in [-0.39, 0.29) is 26.2 Å². The van der Waals surface area contributed by atoms with Crippen molar-refractivity contribution < 1.29 is 9.59 Å². The molecule has 0 spiro atoms. The van der Waals surface area contributed by atoms with Gasteiger partial charge in [-0.25, -0.2) is 0 Å². The minimum Gasteiger partial charge on any atom is -0.298 e. The number of aldehydes is 2. The van der Waals surface area contributed by atoms with Gasteiger partial charge in [0.15, 0.2) is 12.6 Å². The predicted octanol–water partition coefficient (Wildman–Crippen LogP) is 3.27. The Morgan fingerprint density at radius 1 is 1.00 bits per heavy atom. The van der Waals surface area contributed by atoms with Crippen LogP contribution in [0.1, 0.15) is 20.7 Å². The summed E-state index contributed by atoms with van der Waals surface area (Å²) in [4.78, 5) is 20.9. The van der Waals surface area contributed by atoms with Crippen molar-refractivity contribution in [2.45, 2.75) is 0 Å². The second-order valence-electron chi connectivity index (χ2n) is 2.22. The van der Waals surface area contributed by atoms with E-state index < -0.39 is 0 Å². The smallest absolute Gasteiger partial charge is 0.153 e. The molecule has 0 aromatic heterocycles. The molecule has 0 saturated heterocycles. The average molecular weight is 237 g/mol. The van der Waals surface area contributed by atoms with Crippen LogP contribution in [0, 0.1) is 0 Å². The maximum Gasteiger partial charge on any atom is 0.153 e. The highest BCUT2D eigenvalue weighted by Crippen LogP contribution is 2.32. The topological polar surface area (TPSA) is 34.1 Å². The molecule has 0 atom stereocenters. The summed E-state index contributed by atoms with van der Waals surface area (Å²) in [6, 6.07) is 1.30. The van der Waals surface area contributed by atoms with E-state index in [4.69, 9.17) is 34.8 Å². The first-order valence-corrected chi connectivity index (χ1v) is 4.33. The maximum atomic E-state index is 10.5. The number of halogens is 3. The maximum absolute atomic E-state index is 10.5. The van der Waals surface area contributed by atoms with E-state index in [1.807, 2.05) is 0 Å². The highest BCUT2D eigenvalue weighted by Gasteiger charge is 2.13. The molecular formula is C8H3Cl3O2. The van der Waals surface area contributed by atoms with E-state index in [0.717, 1.165) is 0 Å². The minimum atomic E-state index is 0.00580. The molecule has 0 unspecified atom stereocenters. The van der Waals surface area contributed by atoms with Crippen LogP contribution in [0.5, 0.6) is 0 Å². The Balaban J connectivity index is 3.54. The van der Waals surface area contributed by atoms with Gasteiger partial charge in [0.05, 0.1) is 20.6 Å². The molecule has 5 heteroatoms. The summed E-state index contributed by atoms with van der Waals surface area (Å²) < 4.78 is 0. The van der Waals surface area contributed by atoms with Crippen LogP contribution < -0.4 is 0 Å². The molecule has 0 aliphatic rings. The van der Waals surface area contributed by atoms with Gasteiger partial charge < -0.3 is 0 Å². The molecule has 0 fully saturated rings. The normalized spacial score (nSPS) is 9.77. The van der Waals surface area contributed by atoms with Crippen LogP contribution in [0.3, 0.4) is 0 Å². The van der Waals surface area contributed by atoms with Crippen LogP contribution in [0.15, 0.2) is 6.07 Å². The van der Waals surface area contributed by atoms with Crippen molar-refractivity contribution in [2.75, 3.05) is 0 Å². The molecule has 0 radical (unpaired) electrons. The van der Waals surface area contributed by atoms with E-state index in [1.54, 1.807) is 0 Å². The van der Waals surface area contributed by atoms with Gasteiger partial charge in [-0.1, -0.05) is 34.8 Å². The first-order valence-electron chi connectivity index (χ1n) is 3.19. The molecule has 0 saturated carbocycles. The fourth-order valence-corrected chi connectivity index (χ4v) is 1.58. The summed E-state index contributed by atoms with van der Waals surface area (Å²) in [7, 11) is 0. The third-order valence-electron chi connectivity index (χ3n) is 1.47. The fraction of sp³-hybridized carbons (Fsp3) is 0. The molecule has 0 aliphatic heterocycles. The van der Waals surface area contributed by atoms with Gasteiger partial charge in [0.25, 0.3) is 0 Å². The standard InChI is InChI=1S/C8H3Cl3O2/c9-6-1-4(2-12)7(10)8(11)5(6)3-13/h1-3H. The summed E-state index contributed by atoms with van der Waals surface area (Å²) in [5, 5.41) is 0.168. The van der Waals surface area contributed by atoms with Crippen molar-refractivity contribution >= 4 is 47.4 Å². The van der Waals surface area contributed by atoms with E-state index >= 15 is 0 Å². The van der Waals surface area contributed by atoms with Crippen molar-refractivity contribution in [1.29, 1.82) is 0 Å². The highest BCUT2D eigenvalue weighted by molar-refractivity contribution is 6.46. The Hall–Kier alpha value is -0.570. The Morgan fingerprint density at radius 3 is 2.08 bits per heavy atom. The van der Waals surface area contributed by atoms with E-state index in [9.17, 15) is 9.59 Å². The summed E-state index contributed by atoms with van der Waals surface area (Å²) in [6.45, 7) is 0. The minimum absolute atomic E-state index is 0.00580. The molecule has 0 N–H and O–H groups in total. The van der Waals surface area contributed by atoms with E-state index in [1.165, 1.54) is 6.07 Å². The molecule has 0 amide bonds. The quantitative estimate of drug-likeness (QED) is 0.584. The van der Waals surface area contributed by atoms with Crippen LogP contribution >= 0.6 is 34.8 Å². The third-order valence-corrected chi connectivity index (χ3v) is 2.68.